The van der Waals surface area contributed by atoms with Gasteiger partial charge in [0, 0.05) is 0 Å². The summed E-state index contributed by atoms with van der Waals surface area (Å²) in [5.74, 6) is 0. The van der Waals surface area contributed by atoms with E-state index in [1.54, 1.807) is 0 Å². The van der Waals surface area contributed by atoms with Crippen molar-refractivity contribution in [2.75, 3.05) is 0 Å². The van der Waals surface area contributed by atoms with Gasteiger partial charge in [-0.05, 0) is 51.5 Å². The molecular formula is C20H23BO2. The van der Waals surface area contributed by atoms with Crippen molar-refractivity contribution in [3.8, 4) is 0 Å². The summed E-state index contributed by atoms with van der Waals surface area (Å²) in [5.41, 5.74) is 1.86. The highest BCUT2D eigenvalue weighted by Gasteiger charge is 2.18. The van der Waals surface area contributed by atoms with E-state index in [2.05, 4.69) is 43.3 Å². The lowest BCUT2D eigenvalue weighted by Crippen LogP contribution is -2.31. The van der Waals surface area contributed by atoms with E-state index in [4.69, 9.17) is 0 Å². The van der Waals surface area contributed by atoms with E-state index in [1.165, 1.54) is 35.6 Å². The minimum Gasteiger partial charge on any atom is -0.423 e. The Balaban J connectivity index is 2.20. The molecule has 0 atom stereocenters. The van der Waals surface area contributed by atoms with Crippen LogP contribution in [-0.4, -0.2) is 17.2 Å². The highest BCUT2D eigenvalue weighted by Crippen LogP contribution is 2.29. The van der Waals surface area contributed by atoms with E-state index in [0.717, 1.165) is 23.6 Å². The monoisotopic (exact) mass is 306 g/mol. The number of rotatable bonds is 6. The minimum atomic E-state index is -1.44. The molecule has 0 aliphatic rings. The number of unbranched alkanes of at least 4 members (excludes halogenated alkanes) is 3. The average molecular weight is 306 g/mol. The lowest BCUT2D eigenvalue weighted by atomic mass is 9.75. The predicted molar refractivity (Wildman–Crippen MR) is 99.1 cm³/mol. The Labute approximate surface area is 137 Å². The summed E-state index contributed by atoms with van der Waals surface area (Å²) in [5, 5.41) is 24.1. The molecule has 3 heteroatoms. The van der Waals surface area contributed by atoms with Crippen molar-refractivity contribution in [1.82, 2.24) is 0 Å². The van der Waals surface area contributed by atoms with E-state index in [0.29, 0.717) is 5.46 Å². The summed E-state index contributed by atoms with van der Waals surface area (Å²) in [6.07, 6.45) is 5.79. The fraction of sp³-hybridized carbons (Fsp3) is 0.300. The van der Waals surface area contributed by atoms with Crippen LogP contribution in [0.5, 0.6) is 0 Å². The molecule has 0 unspecified atom stereocenters. The molecule has 2 nitrogen and oxygen atoms in total. The molecule has 3 aromatic carbocycles. The summed E-state index contributed by atoms with van der Waals surface area (Å²) in [6, 6.07) is 16.3. The van der Waals surface area contributed by atoms with Gasteiger partial charge in [0.2, 0.25) is 0 Å². The Kier molecular flexibility index (Phi) is 4.99. The second kappa shape index (κ2) is 7.16. The van der Waals surface area contributed by atoms with Gasteiger partial charge < -0.3 is 10.0 Å². The van der Waals surface area contributed by atoms with Crippen molar-refractivity contribution >= 4 is 34.1 Å². The van der Waals surface area contributed by atoms with Crippen molar-refractivity contribution < 1.29 is 10.0 Å². The van der Waals surface area contributed by atoms with Crippen LogP contribution >= 0.6 is 0 Å². The van der Waals surface area contributed by atoms with Gasteiger partial charge in [-0.25, -0.2) is 0 Å². The van der Waals surface area contributed by atoms with Crippen molar-refractivity contribution in [2.45, 2.75) is 39.0 Å². The van der Waals surface area contributed by atoms with E-state index in [9.17, 15) is 10.0 Å². The maximum absolute atomic E-state index is 9.78. The van der Waals surface area contributed by atoms with Crippen LogP contribution in [0.4, 0.5) is 0 Å². The smallest absolute Gasteiger partial charge is 0.423 e. The van der Waals surface area contributed by atoms with E-state index in [-0.39, 0.29) is 0 Å². The second-order valence-electron chi connectivity index (χ2n) is 6.21. The number of fused-ring (bicyclic) bond motifs is 2. The zero-order valence-corrected chi connectivity index (χ0v) is 13.6. The van der Waals surface area contributed by atoms with Gasteiger partial charge in [-0.3, -0.25) is 0 Å². The molecule has 118 valence electrons. The van der Waals surface area contributed by atoms with E-state index < -0.39 is 7.12 Å². The third-order valence-electron chi connectivity index (χ3n) is 4.59. The Bertz CT molecular complexity index is 811. The summed E-state index contributed by atoms with van der Waals surface area (Å²) in [6.45, 7) is 2.22. The third kappa shape index (κ3) is 3.26. The molecule has 0 aliphatic carbocycles. The van der Waals surface area contributed by atoms with Crippen LogP contribution in [0, 0.1) is 0 Å². The summed E-state index contributed by atoms with van der Waals surface area (Å²) >= 11 is 0. The van der Waals surface area contributed by atoms with Crippen LogP contribution < -0.4 is 5.46 Å². The molecular weight excluding hydrogens is 283 g/mol. The summed E-state index contributed by atoms with van der Waals surface area (Å²) in [7, 11) is -1.44. The molecule has 23 heavy (non-hydrogen) atoms. The minimum absolute atomic E-state index is 0.610. The molecule has 3 aromatic rings. The first-order valence-electron chi connectivity index (χ1n) is 8.51. The first-order valence-corrected chi connectivity index (χ1v) is 8.51. The molecule has 0 spiro atoms. The highest BCUT2D eigenvalue weighted by molar-refractivity contribution is 6.62. The van der Waals surface area contributed by atoms with Gasteiger partial charge >= 0.3 is 7.12 Å². The molecule has 0 aliphatic heterocycles. The molecule has 2 N–H and O–H groups in total. The van der Waals surface area contributed by atoms with E-state index >= 15 is 0 Å². The third-order valence-corrected chi connectivity index (χ3v) is 4.59. The first-order chi connectivity index (χ1) is 11.2. The Hall–Kier alpha value is -1.84. The van der Waals surface area contributed by atoms with Crippen molar-refractivity contribution in [2.24, 2.45) is 0 Å². The Morgan fingerprint density at radius 1 is 0.870 bits per heavy atom. The zero-order chi connectivity index (χ0) is 16.2. The summed E-state index contributed by atoms with van der Waals surface area (Å²) in [4.78, 5) is 0. The lowest BCUT2D eigenvalue weighted by molar-refractivity contribution is 0.426. The maximum atomic E-state index is 9.78. The van der Waals surface area contributed by atoms with Crippen LogP contribution in [0.15, 0.2) is 48.5 Å². The van der Waals surface area contributed by atoms with Gasteiger partial charge in [0.05, 0.1) is 0 Å². The molecule has 0 amide bonds. The quantitative estimate of drug-likeness (QED) is 0.413. The zero-order valence-electron chi connectivity index (χ0n) is 13.6. The molecule has 0 saturated heterocycles. The number of aryl methyl sites for hydroxylation is 1. The van der Waals surface area contributed by atoms with Crippen LogP contribution in [0.1, 0.15) is 38.2 Å². The van der Waals surface area contributed by atoms with E-state index in [1.807, 2.05) is 12.1 Å². The molecule has 0 heterocycles. The van der Waals surface area contributed by atoms with Crippen molar-refractivity contribution in [1.29, 1.82) is 0 Å². The van der Waals surface area contributed by atoms with Gasteiger partial charge in [0.15, 0.2) is 0 Å². The van der Waals surface area contributed by atoms with Crippen LogP contribution in [0.25, 0.3) is 21.5 Å². The van der Waals surface area contributed by atoms with Gasteiger partial charge in [-0.15, -0.1) is 0 Å². The molecule has 3 rings (SSSR count). The molecule has 0 fully saturated rings. The second-order valence-corrected chi connectivity index (χ2v) is 6.21. The lowest BCUT2D eigenvalue weighted by Gasteiger charge is -2.15. The average Bonchev–Trinajstić information content (AvgIpc) is 2.57. The predicted octanol–water partition coefficient (Wildman–Crippen LogP) is 3.80. The van der Waals surface area contributed by atoms with Crippen LogP contribution in [0.3, 0.4) is 0 Å². The Morgan fingerprint density at radius 3 is 2.43 bits per heavy atom. The van der Waals surface area contributed by atoms with Gasteiger partial charge in [-0.2, -0.15) is 0 Å². The van der Waals surface area contributed by atoms with Crippen LogP contribution in [-0.2, 0) is 6.42 Å². The summed E-state index contributed by atoms with van der Waals surface area (Å²) < 4.78 is 0. The molecule has 0 saturated carbocycles. The fourth-order valence-electron chi connectivity index (χ4n) is 3.46. The standard InChI is InChI=1S/C20H23BO2/c1-2-3-4-5-12-18-17-11-7-6-9-15(17)14-16-10-8-13-19(20(16)18)21(22)23/h6-11,13-14,22-23H,2-5,12H2,1H3. The largest absolute Gasteiger partial charge is 0.489 e. The number of hydrogen-bond donors (Lipinski definition) is 2. The fourth-order valence-corrected chi connectivity index (χ4v) is 3.46. The van der Waals surface area contributed by atoms with Gasteiger partial charge in [-0.1, -0.05) is 68.7 Å². The maximum Gasteiger partial charge on any atom is 0.489 e. The molecule has 0 bridgehead atoms. The highest BCUT2D eigenvalue weighted by atomic mass is 16.4. The van der Waals surface area contributed by atoms with Gasteiger partial charge in [0.25, 0.3) is 0 Å². The van der Waals surface area contributed by atoms with Gasteiger partial charge in [0.1, 0.15) is 0 Å². The Morgan fingerprint density at radius 2 is 1.65 bits per heavy atom. The van der Waals surface area contributed by atoms with Crippen molar-refractivity contribution in [3.05, 3.63) is 54.1 Å². The molecule has 0 radical (unpaired) electrons. The topological polar surface area (TPSA) is 40.5 Å². The van der Waals surface area contributed by atoms with Crippen LogP contribution in [0.2, 0.25) is 0 Å². The molecule has 0 aromatic heterocycles. The number of hydrogen-bond acceptors (Lipinski definition) is 2. The normalized spacial score (nSPS) is 11.3. The SMILES string of the molecule is CCCCCCc1c2ccccc2cc2cccc(B(O)O)c12. The first kappa shape index (κ1) is 16.0. The number of benzene rings is 3. The van der Waals surface area contributed by atoms with Crippen molar-refractivity contribution in [3.63, 3.8) is 0 Å².